The zero-order valence-corrected chi connectivity index (χ0v) is 24.3. The van der Waals surface area contributed by atoms with E-state index in [1.165, 1.54) is 31.3 Å². The molecule has 0 saturated carbocycles. The first-order valence-corrected chi connectivity index (χ1v) is 15.3. The van der Waals surface area contributed by atoms with Gasteiger partial charge in [-0.25, -0.2) is 15.0 Å². The zero-order chi connectivity index (χ0) is 29.0. The van der Waals surface area contributed by atoms with E-state index in [2.05, 4.69) is 78.9 Å². The second-order valence-corrected chi connectivity index (χ2v) is 11.9. The molecule has 9 aromatic rings. The van der Waals surface area contributed by atoms with E-state index in [0.29, 0.717) is 17.5 Å². The van der Waals surface area contributed by atoms with Gasteiger partial charge in [0.1, 0.15) is 11.2 Å². The second kappa shape index (κ2) is 9.97. The Balaban J connectivity index is 1.32. The van der Waals surface area contributed by atoms with Crippen LogP contribution in [0, 0.1) is 0 Å². The smallest absolute Gasteiger partial charge is 0.164 e. The predicted molar refractivity (Wildman–Crippen MR) is 182 cm³/mol. The summed E-state index contributed by atoms with van der Waals surface area (Å²) in [5.41, 5.74) is 6.96. The van der Waals surface area contributed by atoms with Gasteiger partial charge in [0.05, 0.1) is 0 Å². The number of furan rings is 1. The molecule has 0 amide bonds. The topological polar surface area (TPSA) is 51.8 Å². The van der Waals surface area contributed by atoms with Crippen LogP contribution in [0.4, 0.5) is 0 Å². The van der Waals surface area contributed by atoms with Gasteiger partial charge in [-0.2, -0.15) is 0 Å². The van der Waals surface area contributed by atoms with Crippen molar-refractivity contribution in [1.82, 2.24) is 15.0 Å². The molecule has 0 fully saturated rings. The van der Waals surface area contributed by atoms with Crippen molar-refractivity contribution < 1.29 is 4.42 Å². The number of rotatable bonds is 4. The average molecular weight is 582 g/mol. The molecule has 0 aliphatic carbocycles. The van der Waals surface area contributed by atoms with Gasteiger partial charge in [-0.1, -0.05) is 103 Å². The number of thiophene rings is 1. The molecule has 5 heteroatoms. The molecule has 9 rings (SSSR count). The Kier molecular flexibility index (Phi) is 5.64. The van der Waals surface area contributed by atoms with Crippen LogP contribution in [0.5, 0.6) is 0 Å². The molecule has 3 aromatic heterocycles. The minimum absolute atomic E-state index is 0.626. The maximum atomic E-state index is 6.11. The molecule has 0 aliphatic heterocycles. The quantitative estimate of drug-likeness (QED) is 0.207. The van der Waals surface area contributed by atoms with Crippen molar-refractivity contribution in [2.24, 2.45) is 0 Å². The first kappa shape index (κ1) is 24.9. The van der Waals surface area contributed by atoms with E-state index in [4.69, 9.17) is 19.4 Å². The van der Waals surface area contributed by atoms with E-state index in [1.807, 2.05) is 72.0 Å². The van der Waals surface area contributed by atoms with Crippen molar-refractivity contribution in [1.29, 1.82) is 0 Å². The Hall–Kier alpha value is -5.65. The highest BCUT2D eigenvalue weighted by molar-refractivity contribution is 7.26. The number of benzene rings is 6. The number of para-hydroxylation sites is 1. The summed E-state index contributed by atoms with van der Waals surface area (Å²) >= 11 is 1.82. The summed E-state index contributed by atoms with van der Waals surface area (Å²) in [6.07, 6.45) is 0. The standard InChI is InChI=1S/C39H23N3OS/c1-3-11-24(12-4-1)27-20-21-30(35-29-16-8-10-18-34(29)44-36(27)35)39-41-37(25-13-5-2-6-14-25)40-38(42-39)26-19-22-33-31(23-26)28-15-7-9-17-32(28)43-33/h1-23H. The van der Waals surface area contributed by atoms with Gasteiger partial charge in [-0.05, 0) is 47.5 Å². The van der Waals surface area contributed by atoms with Gasteiger partial charge in [0, 0.05) is 47.6 Å². The molecule has 0 N–H and O–H groups in total. The third-order valence-electron chi connectivity index (χ3n) is 8.15. The molecular weight excluding hydrogens is 559 g/mol. The molecule has 0 atom stereocenters. The second-order valence-electron chi connectivity index (χ2n) is 10.8. The molecule has 0 bridgehead atoms. The van der Waals surface area contributed by atoms with Crippen LogP contribution in [0.15, 0.2) is 144 Å². The molecule has 0 aliphatic rings. The van der Waals surface area contributed by atoms with Crippen LogP contribution >= 0.6 is 11.3 Å². The largest absolute Gasteiger partial charge is 0.456 e. The first-order valence-electron chi connectivity index (χ1n) is 14.5. The van der Waals surface area contributed by atoms with Crippen LogP contribution in [0.25, 0.3) is 87.4 Å². The number of fused-ring (bicyclic) bond motifs is 6. The molecular formula is C39H23N3OS. The molecule has 0 saturated heterocycles. The summed E-state index contributed by atoms with van der Waals surface area (Å²) in [4.78, 5) is 15.3. The van der Waals surface area contributed by atoms with Gasteiger partial charge in [0.15, 0.2) is 17.5 Å². The molecule has 3 heterocycles. The highest BCUT2D eigenvalue weighted by Crippen LogP contribution is 2.44. The fourth-order valence-electron chi connectivity index (χ4n) is 6.07. The monoisotopic (exact) mass is 581 g/mol. The Labute approximate surface area is 256 Å². The van der Waals surface area contributed by atoms with Gasteiger partial charge < -0.3 is 4.42 Å². The van der Waals surface area contributed by atoms with Crippen molar-refractivity contribution in [2.75, 3.05) is 0 Å². The fraction of sp³-hybridized carbons (Fsp3) is 0. The van der Waals surface area contributed by atoms with E-state index in [9.17, 15) is 0 Å². The van der Waals surface area contributed by atoms with Crippen molar-refractivity contribution in [3.05, 3.63) is 140 Å². The van der Waals surface area contributed by atoms with E-state index < -0.39 is 0 Å². The van der Waals surface area contributed by atoms with Gasteiger partial charge in [0.2, 0.25) is 0 Å². The summed E-state index contributed by atoms with van der Waals surface area (Å²) < 4.78 is 8.57. The first-order chi connectivity index (χ1) is 21.8. The molecule has 44 heavy (non-hydrogen) atoms. The van der Waals surface area contributed by atoms with Crippen LogP contribution < -0.4 is 0 Å². The lowest BCUT2D eigenvalue weighted by atomic mass is 9.98. The summed E-state index contributed by atoms with van der Waals surface area (Å²) in [7, 11) is 0. The molecule has 0 unspecified atom stereocenters. The Morgan fingerprint density at radius 3 is 1.86 bits per heavy atom. The summed E-state index contributed by atoms with van der Waals surface area (Å²) in [5.74, 6) is 1.92. The Bertz CT molecular complexity index is 2500. The molecule has 206 valence electrons. The van der Waals surface area contributed by atoms with Crippen LogP contribution in [0.3, 0.4) is 0 Å². The van der Waals surface area contributed by atoms with Crippen molar-refractivity contribution in [2.45, 2.75) is 0 Å². The number of hydrogen-bond donors (Lipinski definition) is 0. The van der Waals surface area contributed by atoms with E-state index in [0.717, 1.165) is 38.6 Å². The van der Waals surface area contributed by atoms with E-state index >= 15 is 0 Å². The van der Waals surface area contributed by atoms with Crippen LogP contribution in [0.1, 0.15) is 0 Å². The number of hydrogen-bond acceptors (Lipinski definition) is 5. The molecule has 6 aromatic carbocycles. The lowest BCUT2D eigenvalue weighted by Crippen LogP contribution is -2.00. The Morgan fingerprint density at radius 1 is 0.432 bits per heavy atom. The van der Waals surface area contributed by atoms with E-state index in [1.54, 1.807) is 0 Å². The summed E-state index contributed by atoms with van der Waals surface area (Å²) in [5, 5.41) is 4.49. The van der Waals surface area contributed by atoms with Gasteiger partial charge in [-0.15, -0.1) is 11.3 Å². The van der Waals surface area contributed by atoms with E-state index in [-0.39, 0.29) is 0 Å². The Morgan fingerprint density at radius 2 is 1.05 bits per heavy atom. The van der Waals surface area contributed by atoms with Crippen molar-refractivity contribution >= 4 is 53.4 Å². The van der Waals surface area contributed by atoms with Gasteiger partial charge in [-0.3, -0.25) is 0 Å². The highest BCUT2D eigenvalue weighted by atomic mass is 32.1. The summed E-state index contributed by atoms with van der Waals surface area (Å²) in [6.45, 7) is 0. The third-order valence-corrected chi connectivity index (χ3v) is 9.36. The minimum atomic E-state index is 0.626. The lowest BCUT2D eigenvalue weighted by Gasteiger charge is -2.11. The van der Waals surface area contributed by atoms with Crippen molar-refractivity contribution in [3.63, 3.8) is 0 Å². The normalized spacial score (nSPS) is 11.6. The van der Waals surface area contributed by atoms with Gasteiger partial charge in [0.25, 0.3) is 0 Å². The van der Waals surface area contributed by atoms with Gasteiger partial charge >= 0.3 is 0 Å². The zero-order valence-electron chi connectivity index (χ0n) is 23.4. The number of nitrogens with zero attached hydrogens (tertiary/aromatic N) is 3. The lowest BCUT2D eigenvalue weighted by molar-refractivity contribution is 0.669. The van der Waals surface area contributed by atoms with Crippen LogP contribution in [0.2, 0.25) is 0 Å². The van der Waals surface area contributed by atoms with Crippen molar-refractivity contribution in [3.8, 4) is 45.3 Å². The third kappa shape index (κ3) is 4.02. The molecule has 4 nitrogen and oxygen atoms in total. The maximum Gasteiger partial charge on any atom is 0.164 e. The summed E-state index contributed by atoms with van der Waals surface area (Å²) in [6, 6.07) is 48.0. The average Bonchev–Trinajstić information content (AvgIpc) is 3.67. The maximum absolute atomic E-state index is 6.11. The predicted octanol–water partition coefficient (Wildman–Crippen LogP) is 10.8. The van der Waals surface area contributed by atoms with Crippen LogP contribution in [-0.4, -0.2) is 15.0 Å². The minimum Gasteiger partial charge on any atom is -0.456 e. The highest BCUT2D eigenvalue weighted by Gasteiger charge is 2.20. The fourth-order valence-corrected chi connectivity index (χ4v) is 7.33. The molecule has 0 spiro atoms. The number of aromatic nitrogens is 3. The molecule has 0 radical (unpaired) electrons. The SMILES string of the molecule is c1ccc(-c2nc(-c3ccc4oc5ccccc5c4c3)nc(-c3ccc(-c4ccccc4)c4sc5ccccc5c34)n2)cc1. The van der Waals surface area contributed by atoms with Crippen LogP contribution in [-0.2, 0) is 0 Å².